The fourth-order valence-electron chi connectivity index (χ4n) is 7.78. The van der Waals surface area contributed by atoms with E-state index in [-0.39, 0.29) is 29.7 Å². The van der Waals surface area contributed by atoms with E-state index < -0.39 is 21.9 Å². The molecular weight excluding hydrogens is 684 g/mol. The van der Waals surface area contributed by atoms with Crippen molar-refractivity contribution in [2.75, 3.05) is 40.3 Å². The highest BCUT2D eigenvalue weighted by Crippen LogP contribution is 2.45. The zero-order valence-electron chi connectivity index (χ0n) is 30.5. The molecule has 2 aromatic heterocycles. The summed E-state index contributed by atoms with van der Waals surface area (Å²) in [4.78, 5) is 36.1. The number of halogens is 1. The van der Waals surface area contributed by atoms with Crippen molar-refractivity contribution in [1.29, 1.82) is 0 Å². The normalized spacial score (nSPS) is 16.2. The maximum absolute atomic E-state index is 16.5. The summed E-state index contributed by atoms with van der Waals surface area (Å²) >= 11 is 0. The molecule has 6 rings (SSSR count). The van der Waals surface area contributed by atoms with Gasteiger partial charge in [-0.15, -0.1) is 0 Å². The summed E-state index contributed by atoms with van der Waals surface area (Å²) in [6.45, 7) is 7.40. The molecule has 1 saturated carbocycles. The molecule has 0 unspecified atom stereocenters. The maximum atomic E-state index is 16.5. The van der Waals surface area contributed by atoms with Crippen LogP contribution in [0.1, 0.15) is 80.6 Å². The number of hydrogen-bond donors (Lipinski definition) is 1. The molecule has 1 saturated heterocycles. The van der Waals surface area contributed by atoms with E-state index in [0.29, 0.717) is 41.8 Å². The van der Waals surface area contributed by atoms with E-state index in [1.807, 2.05) is 15.5 Å². The Morgan fingerprint density at radius 3 is 2.33 bits per heavy atom. The summed E-state index contributed by atoms with van der Waals surface area (Å²) in [5.74, 6) is -0.677. The standard InChI is InChI=1S/C39H49FN6O5S/c1-5-44(6-2)29-19-22-45(23-20-29)36(47)26-46-34-24-28(39(48)42-52(49,50)43(3)4)15-17-32(34)37(27-12-8-7-9-13-27)38(46)31-18-16-30(25-33(31)40)51-35-14-10-11-21-41-35/h10-11,14-18,21,24-25,27,29H,5-9,12-13,19-20,22-23,26H2,1-4H3,(H,42,48). The Morgan fingerprint density at radius 1 is 0.962 bits per heavy atom. The summed E-state index contributed by atoms with van der Waals surface area (Å²) in [5.41, 5.74) is 2.54. The first-order valence-electron chi connectivity index (χ1n) is 18.3. The lowest BCUT2D eigenvalue weighted by atomic mass is 9.81. The Morgan fingerprint density at radius 2 is 1.69 bits per heavy atom. The van der Waals surface area contributed by atoms with Crippen LogP contribution in [0, 0.1) is 5.82 Å². The van der Waals surface area contributed by atoms with Crippen LogP contribution in [0.5, 0.6) is 11.6 Å². The smallest absolute Gasteiger partial charge is 0.303 e. The van der Waals surface area contributed by atoms with Gasteiger partial charge in [0.2, 0.25) is 11.8 Å². The second kappa shape index (κ2) is 16.1. The van der Waals surface area contributed by atoms with Crippen LogP contribution < -0.4 is 9.46 Å². The van der Waals surface area contributed by atoms with Crippen molar-refractivity contribution in [1.82, 2.24) is 28.4 Å². The first-order chi connectivity index (χ1) is 25.0. The third-order valence-electron chi connectivity index (χ3n) is 10.6. The van der Waals surface area contributed by atoms with Crippen molar-refractivity contribution < 1.29 is 27.1 Å². The van der Waals surface area contributed by atoms with Gasteiger partial charge in [-0.05, 0) is 80.6 Å². The average Bonchev–Trinajstić information content (AvgIpc) is 3.45. The number of likely N-dealkylation sites (tertiary alicyclic amines) is 1. The molecule has 1 N–H and O–H groups in total. The largest absolute Gasteiger partial charge is 0.439 e. The number of fused-ring (bicyclic) bond motifs is 1. The van der Waals surface area contributed by atoms with E-state index >= 15 is 4.39 Å². The van der Waals surface area contributed by atoms with Gasteiger partial charge in [0, 0.05) is 68.1 Å². The average molecular weight is 733 g/mol. The summed E-state index contributed by atoms with van der Waals surface area (Å²) in [6, 6.07) is 15.4. The fraction of sp³-hybridized carbons (Fsp3) is 0.462. The lowest BCUT2D eigenvalue weighted by Gasteiger charge is -2.37. The van der Waals surface area contributed by atoms with Crippen molar-refractivity contribution in [3.63, 3.8) is 0 Å². The SMILES string of the molecule is CCN(CC)C1CCN(C(=O)Cn2c(-c3ccc(Oc4ccccn4)cc3F)c(C3CCCCC3)c3ccc(C(=O)NS(=O)(=O)N(C)C)cc32)CC1. The van der Waals surface area contributed by atoms with Crippen LogP contribution in [0.25, 0.3) is 22.2 Å². The summed E-state index contributed by atoms with van der Waals surface area (Å²) in [5, 5.41) is 0.815. The molecule has 0 spiro atoms. The van der Waals surface area contributed by atoms with Crippen LogP contribution in [0.15, 0.2) is 60.8 Å². The predicted molar refractivity (Wildman–Crippen MR) is 200 cm³/mol. The fourth-order valence-corrected chi connectivity index (χ4v) is 8.31. The molecule has 0 bridgehead atoms. The number of carbonyl (C=O) groups excluding carboxylic acids is 2. The Kier molecular flexibility index (Phi) is 11.6. The third-order valence-corrected chi connectivity index (χ3v) is 12.0. The molecule has 2 aromatic carbocycles. The van der Waals surface area contributed by atoms with Crippen molar-refractivity contribution in [3.8, 4) is 22.9 Å². The van der Waals surface area contributed by atoms with Crippen molar-refractivity contribution in [2.24, 2.45) is 0 Å². The topological polar surface area (TPSA) is 117 Å². The minimum atomic E-state index is -4.06. The molecule has 11 nitrogen and oxygen atoms in total. The zero-order chi connectivity index (χ0) is 37.0. The van der Waals surface area contributed by atoms with Crippen LogP contribution in [0.4, 0.5) is 4.39 Å². The number of benzene rings is 2. The summed E-state index contributed by atoms with van der Waals surface area (Å²) in [6.07, 6.45) is 8.33. The van der Waals surface area contributed by atoms with E-state index in [1.54, 1.807) is 48.7 Å². The highest BCUT2D eigenvalue weighted by atomic mass is 32.2. The minimum Gasteiger partial charge on any atom is -0.439 e. The van der Waals surface area contributed by atoms with Gasteiger partial charge in [-0.25, -0.2) is 14.1 Å². The first-order valence-corrected chi connectivity index (χ1v) is 19.8. The van der Waals surface area contributed by atoms with Crippen LogP contribution in [0.2, 0.25) is 0 Å². The second-order valence-electron chi connectivity index (χ2n) is 13.9. The van der Waals surface area contributed by atoms with Gasteiger partial charge in [-0.1, -0.05) is 45.2 Å². The number of aromatic nitrogens is 2. The molecule has 2 fully saturated rings. The highest BCUT2D eigenvalue weighted by molar-refractivity contribution is 7.87. The Bertz CT molecular complexity index is 2000. The summed E-state index contributed by atoms with van der Waals surface area (Å²) in [7, 11) is -1.38. The quantitative estimate of drug-likeness (QED) is 0.176. The van der Waals surface area contributed by atoms with Gasteiger partial charge in [0.25, 0.3) is 5.91 Å². The molecule has 2 aliphatic rings. The molecule has 2 amide bonds. The van der Waals surface area contributed by atoms with Crippen LogP contribution >= 0.6 is 0 Å². The van der Waals surface area contributed by atoms with Gasteiger partial charge in [0.15, 0.2) is 0 Å². The molecule has 0 radical (unpaired) electrons. The molecule has 1 aliphatic carbocycles. The Labute approximate surface area is 305 Å². The predicted octanol–water partition coefficient (Wildman–Crippen LogP) is 6.55. The Balaban J connectivity index is 1.46. The molecular formula is C39H49FN6O5S. The van der Waals surface area contributed by atoms with Gasteiger partial charge >= 0.3 is 10.2 Å². The number of ether oxygens (including phenoxy) is 1. The number of pyridine rings is 1. The molecule has 52 heavy (non-hydrogen) atoms. The summed E-state index contributed by atoms with van der Waals surface area (Å²) < 4.78 is 52.4. The van der Waals surface area contributed by atoms with Crippen LogP contribution in [-0.2, 0) is 21.5 Å². The molecule has 278 valence electrons. The van der Waals surface area contributed by atoms with E-state index in [9.17, 15) is 18.0 Å². The van der Waals surface area contributed by atoms with Gasteiger partial charge in [-0.3, -0.25) is 9.59 Å². The maximum Gasteiger partial charge on any atom is 0.303 e. The number of nitrogens with zero attached hydrogens (tertiary/aromatic N) is 5. The van der Waals surface area contributed by atoms with Gasteiger partial charge in [-0.2, -0.15) is 12.7 Å². The zero-order valence-corrected chi connectivity index (χ0v) is 31.3. The molecule has 3 heterocycles. The van der Waals surface area contributed by atoms with Gasteiger partial charge in [0.1, 0.15) is 18.1 Å². The van der Waals surface area contributed by atoms with Gasteiger partial charge < -0.3 is 19.1 Å². The van der Waals surface area contributed by atoms with Crippen LogP contribution in [0.3, 0.4) is 0 Å². The second-order valence-corrected chi connectivity index (χ2v) is 15.8. The molecule has 4 aromatic rings. The van der Waals surface area contributed by atoms with Crippen molar-refractivity contribution >= 4 is 32.9 Å². The molecule has 1 aliphatic heterocycles. The lowest BCUT2D eigenvalue weighted by Crippen LogP contribution is -2.47. The number of hydrogen-bond acceptors (Lipinski definition) is 7. The Hall–Kier alpha value is -4.33. The number of rotatable bonds is 12. The monoisotopic (exact) mass is 732 g/mol. The number of amides is 2. The lowest BCUT2D eigenvalue weighted by molar-refractivity contribution is -0.133. The van der Waals surface area contributed by atoms with E-state index in [0.717, 1.165) is 73.3 Å². The number of piperidine rings is 1. The van der Waals surface area contributed by atoms with Crippen LogP contribution in [-0.4, -0.2) is 90.2 Å². The van der Waals surface area contributed by atoms with E-state index in [4.69, 9.17) is 4.74 Å². The third kappa shape index (κ3) is 8.01. The highest BCUT2D eigenvalue weighted by Gasteiger charge is 2.32. The van der Waals surface area contributed by atoms with Crippen molar-refractivity contribution in [3.05, 3.63) is 77.7 Å². The minimum absolute atomic E-state index is 0.0683. The van der Waals surface area contributed by atoms with Gasteiger partial charge in [0.05, 0.1) is 11.2 Å². The van der Waals surface area contributed by atoms with Crippen molar-refractivity contribution in [2.45, 2.75) is 77.3 Å². The molecule has 13 heteroatoms. The number of nitrogens with one attached hydrogen (secondary N) is 1. The van der Waals surface area contributed by atoms with E-state index in [1.165, 1.54) is 20.2 Å². The number of carbonyl (C=O) groups is 2. The van der Waals surface area contributed by atoms with E-state index in [2.05, 4.69) is 28.5 Å². The first kappa shape index (κ1) is 37.4. The molecule has 0 atom stereocenters.